The van der Waals surface area contributed by atoms with Crippen LogP contribution in [0, 0.1) is 11.8 Å². The van der Waals surface area contributed by atoms with E-state index >= 15 is 0 Å². The van der Waals surface area contributed by atoms with Crippen molar-refractivity contribution in [3.63, 3.8) is 0 Å². The van der Waals surface area contributed by atoms with Gasteiger partial charge in [0.2, 0.25) is 11.8 Å². The third kappa shape index (κ3) is 14.7. The first-order chi connectivity index (χ1) is 25.0. The van der Waals surface area contributed by atoms with Gasteiger partial charge in [0.15, 0.2) is 6.61 Å². The van der Waals surface area contributed by atoms with Crippen LogP contribution in [0.1, 0.15) is 79.2 Å². The lowest BCUT2D eigenvalue weighted by Gasteiger charge is -2.47. The molecule has 2 heterocycles. The predicted molar refractivity (Wildman–Crippen MR) is 212 cm³/mol. The van der Waals surface area contributed by atoms with E-state index in [0.717, 1.165) is 18.5 Å². The number of thioether (sulfide) groups is 1. The molecule has 5 unspecified atom stereocenters. The number of methoxy groups -OCH3 is 1. The lowest BCUT2D eigenvalue weighted by Crippen LogP contribution is -2.61. The number of pyridine rings is 1. The molecule has 0 bridgehead atoms. The third-order valence-corrected chi connectivity index (χ3v) is 10.6. The van der Waals surface area contributed by atoms with Crippen molar-refractivity contribution in [3.05, 3.63) is 60.4 Å². The van der Waals surface area contributed by atoms with Gasteiger partial charge in [-0.25, -0.2) is 0 Å². The molecule has 5 N–H and O–H groups in total. The van der Waals surface area contributed by atoms with Crippen LogP contribution in [0.15, 0.2) is 54.9 Å². The maximum Gasteiger partial charge on any atom is 0.258 e. The quantitative estimate of drug-likeness (QED) is 0.201. The number of amides is 3. The Bertz CT molecular complexity index is 1310. The molecule has 1 saturated heterocycles. The maximum atomic E-state index is 14.1. The number of nitrogens with zero attached hydrogens (tertiary/aromatic N) is 2. The first-order valence-corrected chi connectivity index (χ1v) is 20.1. The van der Waals surface area contributed by atoms with Crippen LogP contribution < -0.4 is 26.4 Å². The molecule has 0 spiro atoms. The van der Waals surface area contributed by atoms with Crippen LogP contribution in [0.5, 0.6) is 5.75 Å². The van der Waals surface area contributed by atoms with Crippen molar-refractivity contribution < 1.29 is 23.9 Å². The van der Waals surface area contributed by atoms with Gasteiger partial charge >= 0.3 is 0 Å². The topological polar surface area (TPSA) is 148 Å². The van der Waals surface area contributed by atoms with E-state index in [1.807, 2.05) is 78.1 Å². The molecule has 3 amide bonds. The van der Waals surface area contributed by atoms with Crippen molar-refractivity contribution in [2.24, 2.45) is 17.6 Å². The van der Waals surface area contributed by atoms with Gasteiger partial charge in [0.1, 0.15) is 11.8 Å². The van der Waals surface area contributed by atoms with Gasteiger partial charge in [0.05, 0.1) is 24.4 Å². The van der Waals surface area contributed by atoms with Crippen LogP contribution in [0.25, 0.3) is 0 Å². The molecule has 2 aromatic rings. The second kappa shape index (κ2) is 23.5. The molecule has 2 fully saturated rings. The fourth-order valence-corrected chi connectivity index (χ4v) is 7.43. The molecule has 1 aromatic heterocycles. The van der Waals surface area contributed by atoms with Crippen molar-refractivity contribution in [1.82, 2.24) is 25.8 Å². The molecule has 2 aliphatic rings. The molecule has 292 valence electrons. The van der Waals surface area contributed by atoms with E-state index in [1.54, 1.807) is 25.4 Å². The Morgan fingerprint density at radius 1 is 1.02 bits per heavy atom. The van der Waals surface area contributed by atoms with Gasteiger partial charge in [-0.05, 0) is 82.9 Å². The molecule has 0 radical (unpaired) electrons. The SMILES string of the molecule is CC.CN.COC(CN1C[C@H]2CCCC[C@H]2CC1C(=O)NC(C)(C)C)C(Cc1ccccc1)NC(=O)C(NC(=O)COc1cccnc1)C(C)SC. The van der Waals surface area contributed by atoms with Gasteiger partial charge < -0.3 is 31.2 Å². The van der Waals surface area contributed by atoms with E-state index in [1.165, 1.54) is 50.7 Å². The highest BCUT2D eigenvalue weighted by Gasteiger charge is 2.42. The lowest BCUT2D eigenvalue weighted by atomic mass is 9.72. The summed E-state index contributed by atoms with van der Waals surface area (Å²) in [7, 11) is 3.17. The number of aromatic nitrogens is 1. The molecule has 4 rings (SSSR count). The van der Waals surface area contributed by atoms with Gasteiger partial charge in [-0.1, -0.05) is 70.4 Å². The molecule has 1 aromatic carbocycles. The summed E-state index contributed by atoms with van der Waals surface area (Å²) in [6.07, 6.45) is 10.8. The van der Waals surface area contributed by atoms with E-state index in [0.29, 0.717) is 30.6 Å². The van der Waals surface area contributed by atoms with Crippen LogP contribution in [-0.4, -0.2) is 103 Å². The predicted octanol–water partition coefficient (Wildman–Crippen LogP) is 4.84. The molecule has 1 aliphatic carbocycles. The third-order valence-electron chi connectivity index (χ3n) is 9.54. The normalized spacial score (nSPS) is 20.8. The molecular weight excluding hydrogens is 677 g/mol. The van der Waals surface area contributed by atoms with E-state index in [-0.39, 0.29) is 35.3 Å². The van der Waals surface area contributed by atoms with E-state index in [2.05, 4.69) is 31.6 Å². The van der Waals surface area contributed by atoms with E-state index < -0.39 is 24.1 Å². The lowest BCUT2D eigenvalue weighted by molar-refractivity contribution is -0.134. The Labute approximate surface area is 317 Å². The Hall–Kier alpha value is -3.19. The minimum Gasteiger partial charge on any atom is -0.482 e. The smallest absolute Gasteiger partial charge is 0.258 e. The number of fused-ring (bicyclic) bond motifs is 1. The number of nitrogens with one attached hydrogen (secondary N) is 3. The van der Waals surface area contributed by atoms with Gasteiger partial charge in [-0.2, -0.15) is 11.8 Å². The number of carbonyl (C=O) groups excluding carboxylic acids is 3. The number of likely N-dealkylation sites (tertiary alicyclic amines) is 1. The monoisotopic (exact) mass is 742 g/mol. The van der Waals surface area contributed by atoms with Gasteiger partial charge in [0, 0.05) is 37.2 Å². The number of rotatable bonds is 15. The Balaban J connectivity index is 0.00000226. The standard InChI is InChI=1S/C37H55N5O5S.C2H6.CH5N/c1-25(48-6)34(40-33(43)24-47-29-17-12-18-38-21-29)36(45)39-30(19-26-13-8-7-9-14-26)32(46-5)23-42-22-28-16-11-10-15-27(28)20-31(42)35(44)41-37(2,3)4;2*1-2/h7-9,12-14,17-18,21,25,27-28,30-32,34H,10-11,15-16,19-20,22-24H2,1-6H3,(H,39,45)(H,40,43)(H,41,44);1-2H3;2H2,1H3/t25?,27-,28+,30?,31?,32?,34?;;/m0../s1. The van der Waals surface area contributed by atoms with Crippen LogP contribution in [0.4, 0.5) is 0 Å². The summed E-state index contributed by atoms with van der Waals surface area (Å²) in [5.41, 5.74) is 5.22. The molecule has 12 heteroatoms. The molecule has 7 atom stereocenters. The van der Waals surface area contributed by atoms with Crippen LogP contribution in [0.2, 0.25) is 0 Å². The number of hydrogen-bond acceptors (Lipinski definition) is 9. The number of nitrogens with two attached hydrogens (primary N) is 1. The first kappa shape index (κ1) is 45.0. The molecule has 1 aliphatic heterocycles. The molecule has 1 saturated carbocycles. The summed E-state index contributed by atoms with van der Waals surface area (Å²) in [5, 5.41) is 9.19. The van der Waals surface area contributed by atoms with Crippen LogP contribution in [0.3, 0.4) is 0 Å². The van der Waals surface area contributed by atoms with E-state index in [4.69, 9.17) is 9.47 Å². The van der Waals surface area contributed by atoms with Crippen molar-refractivity contribution in [1.29, 1.82) is 0 Å². The average molecular weight is 743 g/mol. The Morgan fingerprint density at radius 3 is 2.29 bits per heavy atom. The average Bonchev–Trinajstić information content (AvgIpc) is 3.16. The summed E-state index contributed by atoms with van der Waals surface area (Å²) in [6, 6.07) is 12.0. The van der Waals surface area contributed by atoms with Gasteiger partial charge in [-0.3, -0.25) is 24.3 Å². The molecule has 52 heavy (non-hydrogen) atoms. The summed E-state index contributed by atoms with van der Waals surface area (Å²) in [5.74, 6) is 0.937. The van der Waals surface area contributed by atoms with Gasteiger partial charge in [0.25, 0.3) is 5.91 Å². The molecular formula is C40H66N6O5S. The molecule has 11 nitrogen and oxygen atoms in total. The zero-order chi connectivity index (χ0) is 38.7. The highest BCUT2D eigenvalue weighted by atomic mass is 32.2. The second-order valence-corrected chi connectivity index (χ2v) is 15.5. The van der Waals surface area contributed by atoms with Crippen molar-refractivity contribution >= 4 is 29.5 Å². The van der Waals surface area contributed by atoms with Crippen molar-refractivity contribution in [3.8, 4) is 5.75 Å². The number of ether oxygens (including phenoxy) is 2. The minimum absolute atomic E-state index is 0.0510. The van der Waals surface area contributed by atoms with Crippen molar-refractivity contribution in [2.75, 3.05) is 40.1 Å². The Kier molecular flexibility index (Phi) is 20.3. The summed E-state index contributed by atoms with van der Waals surface area (Å²) >= 11 is 1.50. The number of piperidine rings is 1. The summed E-state index contributed by atoms with van der Waals surface area (Å²) in [6.45, 7) is 13.1. The summed E-state index contributed by atoms with van der Waals surface area (Å²) < 4.78 is 11.8. The Morgan fingerprint density at radius 2 is 1.69 bits per heavy atom. The van der Waals surface area contributed by atoms with Crippen LogP contribution >= 0.6 is 11.8 Å². The summed E-state index contributed by atoms with van der Waals surface area (Å²) in [4.78, 5) is 47.1. The van der Waals surface area contributed by atoms with Gasteiger partial charge in [-0.15, -0.1) is 0 Å². The zero-order valence-corrected chi connectivity index (χ0v) is 33.8. The highest BCUT2D eigenvalue weighted by Crippen LogP contribution is 2.39. The first-order valence-electron chi connectivity index (χ1n) is 18.8. The number of hydrogen-bond donors (Lipinski definition) is 4. The van der Waals surface area contributed by atoms with Crippen molar-refractivity contribution in [2.45, 2.75) is 115 Å². The fraction of sp³-hybridized carbons (Fsp3) is 0.650. The number of benzene rings is 1. The fourth-order valence-electron chi connectivity index (χ4n) is 6.97. The minimum atomic E-state index is -0.802. The number of carbonyl (C=O) groups is 3. The largest absolute Gasteiger partial charge is 0.482 e. The van der Waals surface area contributed by atoms with Crippen LogP contribution in [-0.2, 0) is 25.5 Å². The van der Waals surface area contributed by atoms with E-state index in [9.17, 15) is 14.4 Å². The zero-order valence-electron chi connectivity index (χ0n) is 33.0. The highest BCUT2D eigenvalue weighted by molar-refractivity contribution is 7.99. The maximum absolute atomic E-state index is 14.1. The second-order valence-electron chi connectivity index (χ2n) is 14.3.